The van der Waals surface area contributed by atoms with Crippen molar-refractivity contribution >= 4 is 5.91 Å². The summed E-state index contributed by atoms with van der Waals surface area (Å²) < 4.78 is 5.70. The number of amides is 1. The minimum Gasteiger partial charge on any atom is -0.471 e. The van der Waals surface area contributed by atoms with Crippen LogP contribution in [-0.2, 0) is 11.2 Å². The fraction of sp³-hybridized carbons (Fsp3) is 0.294. The Morgan fingerprint density at radius 1 is 1.29 bits per heavy atom. The topological polar surface area (TPSA) is 42.4 Å². The van der Waals surface area contributed by atoms with Crippen molar-refractivity contribution in [1.29, 1.82) is 0 Å². The molecule has 0 saturated carbocycles. The summed E-state index contributed by atoms with van der Waals surface area (Å²) in [6, 6.07) is 13.6. The third-order valence-corrected chi connectivity index (χ3v) is 3.56. The van der Waals surface area contributed by atoms with Crippen LogP contribution in [0.1, 0.15) is 11.1 Å². The molecule has 1 amide bonds. The van der Waals surface area contributed by atoms with Gasteiger partial charge >= 0.3 is 0 Å². The number of hydrogen-bond donors (Lipinski definition) is 0. The van der Waals surface area contributed by atoms with Crippen LogP contribution in [-0.4, -0.2) is 35.0 Å². The van der Waals surface area contributed by atoms with Gasteiger partial charge in [0.05, 0.1) is 19.5 Å². The van der Waals surface area contributed by atoms with Gasteiger partial charge in [-0.25, -0.2) is 4.98 Å². The van der Waals surface area contributed by atoms with E-state index in [0.717, 1.165) is 5.56 Å². The minimum atomic E-state index is 0.0568. The molecule has 0 atom stereocenters. The number of aryl methyl sites for hydroxylation is 1. The van der Waals surface area contributed by atoms with Crippen LogP contribution in [0, 0.1) is 6.92 Å². The van der Waals surface area contributed by atoms with Gasteiger partial charge in [-0.3, -0.25) is 4.79 Å². The van der Waals surface area contributed by atoms with Crippen molar-refractivity contribution in [3.63, 3.8) is 0 Å². The zero-order valence-corrected chi connectivity index (χ0v) is 12.0. The third-order valence-electron chi connectivity index (χ3n) is 3.56. The smallest absolute Gasteiger partial charge is 0.227 e. The second-order valence-corrected chi connectivity index (χ2v) is 5.37. The van der Waals surface area contributed by atoms with E-state index in [-0.39, 0.29) is 12.0 Å². The van der Waals surface area contributed by atoms with Gasteiger partial charge in [-0.1, -0.05) is 35.9 Å². The summed E-state index contributed by atoms with van der Waals surface area (Å²) in [5.41, 5.74) is 2.24. The van der Waals surface area contributed by atoms with Crippen molar-refractivity contribution in [2.45, 2.75) is 19.4 Å². The third kappa shape index (κ3) is 3.40. The van der Waals surface area contributed by atoms with E-state index in [4.69, 9.17) is 4.74 Å². The van der Waals surface area contributed by atoms with Crippen LogP contribution in [0.2, 0.25) is 0 Å². The Balaban J connectivity index is 1.48. The van der Waals surface area contributed by atoms with Crippen molar-refractivity contribution in [3.8, 4) is 5.88 Å². The van der Waals surface area contributed by atoms with Gasteiger partial charge in [-0.05, 0) is 18.6 Å². The van der Waals surface area contributed by atoms with E-state index < -0.39 is 0 Å². The number of benzene rings is 1. The predicted molar refractivity (Wildman–Crippen MR) is 80.1 cm³/mol. The number of ether oxygens (including phenoxy) is 1. The standard InChI is InChI=1S/C17H18N2O2/c1-13-5-4-6-14(9-13)10-17(20)19-11-15(12-19)21-16-7-2-3-8-18-16/h2-9,15H,10-12H2,1H3. The van der Waals surface area contributed by atoms with Crippen LogP contribution < -0.4 is 4.74 Å². The molecule has 4 nitrogen and oxygen atoms in total. The summed E-state index contributed by atoms with van der Waals surface area (Å²) in [5, 5.41) is 0. The Labute approximate surface area is 124 Å². The molecule has 0 radical (unpaired) electrons. The molecule has 3 rings (SSSR count). The minimum absolute atomic E-state index is 0.0568. The SMILES string of the molecule is Cc1cccc(CC(=O)N2CC(Oc3ccccn3)C2)c1. The fourth-order valence-electron chi connectivity index (χ4n) is 2.41. The average molecular weight is 282 g/mol. The highest BCUT2D eigenvalue weighted by atomic mass is 16.5. The van der Waals surface area contributed by atoms with Crippen molar-refractivity contribution < 1.29 is 9.53 Å². The van der Waals surface area contributed by atoms with E-state index in [1.165, 1.54) is 5.56 Å². The second kappa shape index (κ2) is 5.95. The first kappa shape index (κ1) is 13.6. The summed E-state index contributed by atoms with van der Waals surface area (Å²) in [6.45, 7) is 3.32. The number of hydrogen-bond acceptors (Lipinski definition) is 3. The molecule has 1 aromatic carbocycles. The second-order valence-electron chi connectivity index (χ2n) is 5.37. The summed E-state index contributed by atoms with van der Waals surface area (Å²) >= 11 is 0. The molecule has 0 N–H and O–H groups in total. The summed E-state index contributed by atoms with van der Waals surface area (Å²) in [6.07, 6.45) is 2.22. The normalized spacial score (nSPS) is 14.6. The van der Waals surface area contributed by atoms with Crippen LogP contribution in [0.5, 0.6) is 5.88 Å². The molecule has 1 saturated heterocycles. The van der Waals surface area contributed by atoms with E-state index in [1.807, 2.05) is 48.2 Å². The van der Waals surface area contributed by atoms with Crippen molar-refractivity contribution in [2.24, 2.45) is 0 Å². The van der Waals surface area contributed by atoms with E-state index >= 15 is 0 Å². The van der Waals surface area contributed by atoms with E-state index in [2.05, 4.69) is 11.1 Å². The number of likely N-dealkylation sites (tertiary alicyclic amines) is 1. The highest BCUT2D eigenvalue weighted by Crippen LogP contribution is 2.17. The lowest BCUT2D eigenvalue weighted by Gasteiger charge is -2.38. The molecule has 108 valence electrons. The average Bonchev–Trinajstić information content (AvgIpc) is 2.43. The first-order chi connectivity index (χ1) is 10.2. The van der Waals surface area contributed by atoms with Gasteiger partial charge in [-0.15, -0.1) is 0 Å². The molecule has 2 aromatic rings. The highest BCUT2D eigenvalue weighted by Gasteiger charge is 2.32. The monoisotopic (exact) mass is 282 g/mol. The molecule has 2 heterocycles. The first-order valence-corrected chi connectivity index (χ1v) is 7.12. The maximum atomic E-state index is 12.2. The maximum absolute atomic E-state index is 12.2. The Bertz CT molecular complexity index is 622. The fourth-order valence-corrected chi connectivity index (χ4v) is 2.41. The Morgan fingerprint density at radius 2 is 2.14 bits per heavy atom. The van der Waals surface area contributed by atoms with Gasteiger partial charge in [0.1, 0.15) is 6.10 Å². The molecule has 0 aliphatic carbocycles. The van der Waals surface area contributed by atoms with Gasteiger partial charge < -0.3 is 9.64 Å². The molecular weight excluding hydrogens is 264 g/mol. The molecule has 21 heavy (non-hydrogen) atoms. The van der Waals surface area contributed by atoms with Gasteiger partial charge in [0.25, 0.3) is 0 Å². The van der Waals surface area contributed by atoms with E-state index in [1.54, 1.807) is 6.20 Å². The quantitative estimate of drug-likeness (QED) is 0.863. The van der Waals surface area contributed by atoms with Crippen molar-refractivity contribution in [3.05, 3.63) is 59.8 Å². The lowest BCUT2D eigenvalue weighted by molar-refractivity contribution is -0.139. The van der Waals surface area contributed by atoms with E-state index in [0.29, 0.717) is 25.4 Å². The summed E-state index contributed by atoms with van der Waals surface area (Å²) in [7, 11) is 0. The summed E-state index contributed by atoms with van der Waals surface area (Å²) in [5.74, 6) is 0.773. The lowest BCUT2D eigenvalue weighted by atomic mass is 10.1. The molecular formula is C17H18N2O2. The Kier molecular flexibility index (Phi) is 3.86. The number of aromatic nitrogens is 1. The largest absolute Gasteiger partial charge is 0.471 e. The molecule has 0 unspecified atom stereocenters. The lowest BCUT2D eigenvalue weighted by Crippen LogP contribution is -2.56. The summed E-state index contributed by atoms with van der Waals surface area (Å²) in [4.78, 5) is 18.1. The Morgan fingerprint density at radius 3 is 2.86 bits per heavy atom. The van der Waals surface area contributed by atoms with Gasteiger partial charge in [0, 0.05) is 12.3 Å². The van der Waals surface area contributed by atoms with Crippen LogP contribution in [0.4, 0.5) is 0 Å². The van der Waals surface area contributed by atoms with Crippen LogP contribution in [0.3, 0.4) is 0 Å². The van der Waals surface area contributed by atoms with Crippen LogP contribution >= 0.6 is 0 Å². The van der Waals surface area contributed by atoms with E-state index in [9.17, 15) is 4.79 Å². The molecule has 0 spiro atoms. The molecule has 1 aliphatic rings. The number of carbonyl (C=O) groups excluding carboxylic acids is 1. The zero-order valence-electron chi connectivity index (χ0n) is 12.0. The van der Waals surface area contributed by atoms with Crippen LogP contribution in [0.15, 0.2) is 48.7 Å². The number of rotatable bonds is 4. The van der Waals surface area contributed by atoms with Crippen LogP contribution in [0.25, 0.3) is 0 Å². The number of pyridine rings is 1. The first-order valence-electron chi connectivity index (χ1n) is 7.12. The predicted octanol–water partition coefficient (Wildman–Crippen LogP) is 2.22. The Hall–Kier alpha value is -2.36. The highest BCUT2D eigenvalue weighted by molar-refractivity contribution is 5.79. The maximum Gasteiger partial charge on any atom is 0.227 e. The molecule has 4 heteroatoms. The molecule has 1 aromatic heterocycles. The zero-order chi connectivity index (χ0) is 14.7. The molecule has 0 bridgehead atoms. The van der Waals surface area contributed by atoms with Gasteiger partial charge in [0.2, 0.25) is 11.8 Å². The van der Waals surface area contributed by atoms with Crippen molar-refractivity contribution in [1.82, 2.24) is 9.88 Å². The number of carbonyl (C=O) groups is 1. The van der Waals surface area contributed by atoms with Gasteiger partial charge in [-0.2, -0.15) is 0 Å². The van der Waals surface area contributed by atoms with Gasteiger partial charge in [0.15, 0.2) is 0 Å². The number of nitrogens with zero attached hydrogens (tertiary/aromatic N) is 2. The van der Waals surface area contributed by atoms with Crippen molar-refractivity contribution in [2.75, 3.05) is 13.1 Å². The molecule has 1 fully saturated rings. The molecule has 1 aliphatic heterocycles.